The van der Waals surface area contributed by atoms with Crippen LogP contribution in [0.5, 0.6) is 0 Å². The minimum absolute atomic E-state index is 0.0646. The second-order valence-corrected chi connectivity index (χ2v) is 8.57. The van der Waals surface area contributed by atoms with Crippen molar-refractivity contribution in [1.82, 2.24) is 15.1 Å². The first-order valence-electron chi connectivity index (χ1n) is 10.7. The van der Waals surface area contributed by atoms with E-state index in [2.05, 4.69) is 31.9 Å². The van der Waals surface area contributed by atoms with Gasteiger partial charge >= 0.3 is 0 Å². The Kier molecular flexibility index (Phi) is 7.55. The van der Waals surface area contributed by atoms with Gasteiger partial charge in [0.1, 0.15) is 0 Å². The molecule has 1 fully saturated rings. The number of nitrogens with one attached hydrogen (secondary N) is 1. The molecular weight excluding hydrogens is 456 g/mol. The van der Waals surface area contributed by atoms with Gasteiger partial charge in [-0.15, -0.1) is 16.8 Å². The summed E-state index contributed by atoms with van der Waals surface area (Å²) >= 11 is 1.10. The molecular formula is C23H24N6O4S. The van der Waals surface area contributed by atoms with E-state index in [0.717, 1.165) is 50.2 Å². The highest BCUT2D eigenvalue weighted by molar-refractivity contribution is 7.99. The molecule has 1 saturated heterocycles. The fraction of sp³-hybridized carbons (Fsp3) is 0.261. The predicted octanol–water partition coefficient (Wildman–Crippen LogP) is 3.68. The molecule has 2 heterocycles. The number of aromatic nitrogens is 2. The molecule has 1 N–H and O–H groups in total. The number of thioether (sulfide) groups is 1. The standard InChI is InChI=1S/C23H24N6O4S/c1-2-10-27-11-13-28(14-12-27)19-8-6-18(7-9-19)24-21(30)16-34-23-26-25-22(33-23)17-4-3-5-20(15-17)29(31)32/h2-9,15H,1,10-14,16H2,(H,24,30). The van der Waals surface area contributed by atoms with Gasteiger partial charge in [0.05, 0.1) is 10.7 Å². The van der Waals surface area contributed by atoms with E-state index < -0.39 is 4.92 Å². The maximum atomic E-state index is 12.3. The van der Waals surface area contributed by atoms with E-state index in [1.807, 2.05) is 30.3 Å². The summed E-state index contributed by atoms with van der Waals surface area (Å²) in [6.45, 7) is 8.62. The molecule has 4 rings (SSSR count). The van der Waals surface area contributed by atoms with Gasteiger partial charge < -0.3 is 14.6 Å². The van der Waals surface area contributed by atoms with Crippen molar-refractivity contribution in [2.75, 3.05) is 48.7 Å². The minimum Gasteiger partial charge on any atom is -0.411 e. The van der Waals surface area contributed by atoms with Crippen molar-refractivity contribution in [3.05, 3.63) is 71.3 Å². The highest BCUT2D eigenvalue weighted by Crippen LogP contribution is 2.26. The number of nitro groups is 1. The number of carbonyl (C=O) groups is 1. The lowest BCUT2D eigenvalue weighted by Crippen LogP contribution is -2.46. The van der Waals surface area contributed by atoms with Crippen LogP contribution in [0.15, 0.2) is 70.8 Å². The van der Waals surface area contributed by atoms with Gasteiger partial charge in [0.2, 0.25) is 11.8 Å². The molecule has 1 aromatic heterocycles. The summed E-state index contributed by atoms with van der Waals surface area (Å²) in [5, 5.41) is 21.8. The minimum atomic E-state index is -0.489. The molecule has 10 nitrogen and oxygen atoms in total. The highest BCUT2D eigenvalue weighted by atomic mass is 32.2. The smallest absolute Gasteiger partial charge is 0.277 e. The summed E-state index contributed by atoms with van der Waals surface area (Å²) in [4.78, 5) is 27.5. The molecule has 11 heteroatoms. The van der Waals surface area contributed by atoms with Crippen molar-refractivity contribution in [2.45, 2.75) is 5.22 Å². The third-order valence-corrected chi connectivity index (χ3v) is 6.13. The van der Waals surface area contributed by atoms with Gasteiger partial charge in [0.25, 0.3) is 10.9 Å². The monoisotopic (exact) mass is 480 g/mol. The Morgan fingerprint density at radius 3 is 2.65 bits per heavy atom. The molecule has 1 aliphatic rings. The second-order valence-electron chi connectivity index (χ2n) is 7.64. The third-order valence-electron chi connectivity index (χ3n) is 5.31. The molecule has 34 heavy (non-hydrogen) atoms. The van der Waals surface area contributed by atoms with Gasteiger partial charge in [-0.05, 0) is 30.3 Å². The maximum absolute atomic E-state index is 12.3. The number of non-ortho nitro benzene ring substituents is 1. The lowest BCUT2D eigenvalue weighted by molar-refractivity contribution is -0.384. The van der Waals surface area contributed by atoms with E-state index in [4.69, 9.17) is 4.42 Å². The number of piperazine rings is 1. The maximum Gasteiger partial charge on any atom is 0.277 e. The highest BCUT2D eigenvalue weighted by Gasteiger charge is 2.17. The number of anilines is 2. The van der Waals surface area contributed by atoms with Gasteiger partial charge in [-0.1, -0.05) is 23.9 Å². The first-order valence-corrected chi connectivity index (χ1v) is 11.7. The number of amides is 1. The lowest BCUT2D eigenvalue weighted by atomic mass is 10.2. The Balaban J connectivity index is 1.26. The lowest BCUT2D eigenvalue weighted by Gasteiger charge is -2.35. The van der Waals surface area contributed by atoms with Crippen molar-refractivity contribution in [1.29, 1.82) is 0 Å². The van der Waals surface area contributed by atoms with Crippen molar-refractivity contribution in [2.24, 2.45) is 0 Å². The topological polar surface area (TPSA) is 118 Å². The summed E-state index contributed by atoms with van der Waals surface area (Å²) in [6.07, 6.45) is 1.93. The number of carbonyl (C=O) groups excluding carboxylic acids is 1. The largest absolute Gasteiger partial charge is 0.411 e. The van der Waals surface area contributed by atoms with Crippen LogP contribution in [0.2, 0.25) is 0 Å². The van der Waals surface area contributed by atoms with Crippen LogP contribution in [-0.4, -0.2) is 64.4 Å². The average molecular weight is 481 g/mol. The normalized spacial score (nSPS) is 14.1. The van der Waals surface area contributed by atoms with E-state index >= 15 is 0 Å². The Labute approximate surface area is 200 Å². The van der Waals surface area contributed by atoms with Crippen LogP contribution in [0.3, 0.4) is 0 Å². The number of benzene rings is 2. The number of nitro benzene ring substituents is 1. The van der Waals surface area contributed by atoms with Crippen molar-refractivity contribution in [3.8, 4) is 11.5 Å². The number of hydrogen-bond donors (Lipinski definition) is 1. The Hall–Kier alpha value is -3.70. The third kappa shape index (κ3) is 6.00. The number of nitrogens with zero attached hydrogens (tertiary/aromatic N) is 5. The molecule has 0 atom stereocenters. The quantitative estimate of drug-likeness (QED) is 0.212. The first kappa shape index (κ1) is 23.5. The van der Waals surface area contributed by atoms with Crippen LogP contribution in [0, 0.1) is 10.1 Å². The molecule has 0 saturated carbocycles. The van der Waals surface area contributed by atoms with Crippen LogP contribution >= 0.6 is 11.8 Å². The van der Waals surface area contributed by atoms with Crippen molar-refractivity contribution in [3.63, 3.8) is 0 Å². The van der Waals surface area contributed by atoms with Gasteiger partial charge in [-0.25, -0.2) is 0 Å². The summed E-state index contributed by atoms with van der Waals surface area (Å²) in [5.74, 6) is 0.0438. The number of hydrogen-bond acceptors (Lipinski definition) is 9. The van der Waals surface area contributed by atoms with E-state index in [9.17, 15) is 14.9 Å². The molecule has 2 aromatic carbocycles. The summed E-state index contributed by atoms with van der Waals surface area (Å²) in [5.41, 5.74) is 2.22. The van der Waals surface area contributed by atoms with Crippen LogP contribution in [0.25, 0.3) is 11.5 Å². The predicted molar refractivity (Wildman–Crippen MR) is 131 cm³/mol. The van der Waals surface area contributed by atoms with Crippen molar-refractivity contribution < 1.29 is 14.1 Å². The fourth-order valence-electron chi connectivity index (χ4n) is 3.59. The van der Waals surface area contributed by atoms with Crippen LogP contribution < -0.4 is 10.2 Å². The Bertz CT molecular complexity index is 1160. The summed E-state index contributed by atoms with van der Waals surface area (Å²) in [7, 11) is 0. The molecule has 0 aliphatic carbocycles. The Morgan fingerprint density at radius 1 is 1.18 bits per heavy atom. The Morgan fingerprint density at radius 2 is 1.94 bits per heavy atom. The first-order chi connectivity index (χ1) is 16.5. The van der Waals surface area contributed by atoms with Gasteiger partial charge in [-0.2, -0.15) is 0 Å². The van der Waals surface area contributed by atoms with Crippen LogP contribution in [0.1, 0.15) is 0 Å². The molecule has 0 unspecified atom stereocenters. The fourth-order valence-corrected chi connectivity index (χ4v) is 4.15. The van der Waals surface area contributed by atoms with E-state index in [-0.39, 0.29) is 28.5 Å². The van der Waals surface area contributed by atoms with E-state index in [1.54, 1.807) is 12.1 Å². The van der Waals surface area contributed by atoms with Crippen molar-refractivity contribution >= 4 is 34.7 Å². The zero-order valence-corrected chi connectivity index (χ0v) is 19.2. The molecule has 3 aromatic rings. The van der Waals surface area contributed by atoms with Crippen LogP contribution in [-0.2, 0) is 4.79 Å². The van der Waals surface area contributed by atoms with Gasteiger partial charge in [0.15, 0.2) is 0 Å². The molecule has 0 spiro atoms. The zero-order valence-electron chi connectivity index (χ0n) is 18.4. The molecule has 1 amide bonds. The average Bonchev–Trinajstić information content (AvgIpc) is 3.33. The van der Waals surface area contributed by atoms with E-state index in [0.29, 0.717) is 11.3 Å². The van der Waals surface area contributed by atoms with Gasteiger partial charge in [-0.3, -0.25) is 19.8 Å². The molecule has 0 bridgehead atoms. The second kappa shape index (κ2) is 10.9. The van der Waals surface area contributed by atoms with E-state index in [1.165, 1.54) is 12.1 Å². The summed E-state index contributed by atoms with van der Waals surface area (Å²) < 4.78 is 5.53. The number of rotatable bonds is 9. The SMILES string of the molecule is C=CCN1CCN(c2ccc(NC(=O)CSc3nnc(-c4cccc([N+](=O)[O-])c4)o3)cc2)CC1. The van der Waals surface area contributed by atoms with Gasteiger partial charge in [0, 0.05) is 61.8 Å². The zero-order chi connectivity index (χ0) is 23.9. The van der Waals surface area contributed by atoms with Crippen LogP contribution in [0.4, 0.5) is 17.1 Å². The molecule has 0 radical (unpaired) electrons. The summed E-state index contributed by atoms with van der Waals surface area (Å²) in [6, 6.07) is 13.7. The molecule has 1 aliphatic heterocycles. The molecule has 176 valence electrons.